The molecule has 0 spiro atoms. The van der Waals surface area contributed by atoms with E-state index >= 15 is 13.2 Å². The maximum atomic E-state index is 15.8. The topological polar surface area (TPSA) is 54.5 Å². The molecule has 2 aliphatic rings. The molecule has 0 radical (unpaired) electrons. The number of benzene rings is 2. The van der Waals surface area contributed by atoms with E-state index in [4.69, 9.17) is 0 Å². The first kappa shape index (κ1) is 26.9. The molecule has 0 bridgehead atoms. The lowest BCUT2D eigenvalue weighted by atomic mass is 9.87. The van der Waals surface area contributed by atoms with Crippen molar-refractivity contribution in [2.24, 2.45) is 0 Å². The zero-order valence-electron chi connectivity index (χ0n) is 21.5. The van der Waals surface area contributed by atoms with Gasteiger partial charge in [0.2, 0.25) is 0 Å². The Morgan fingerprint density at radius 2 is 1.84 bits per heavy atom. The minimum atomic E-state index is -2.01. The maximum absolute atomic E-state index is 15.8. The number of halogens is 5. The van der Waals surface area contributed by atoms with E-state index in [2.05, 4.69) is 15.2 Å². The van der Waals surface area contributed by atoms with Crippen LogP contribution in [0.25, 0.3) is 10.9 Å². The number of fused-ring (bicyclic) bond motifs is 3. The number of aromatic amines is 1. The van der Waals surface area contributed by atoms with E-state index in [1.54, 1.807) is 11.0 Å². The second-order valence-corrected chi connectivity index (χ2v) is 10.9. The first-order valence-electron chi connectivity index (χ1n) is 13.0. The number of aliphatic hydroxyl groups excluding tert-OH is 1. The summed E-state index contributed by atoms with van der Waals surface area (Å²) in [7, 11) is 0. The fourth-order valence-corrected chi connectivity index (χ4v) is 5.81. The van der Waals surface area contributed by atoms with Crippen LogP contribution in [0, 0.1) is 17.5 Å². The molecule has 1 aromatic heterocycles. The molecule has 1 fully saturated rings. The van der Waals surface area contributed by atoms with Crippen LogP contribution in [0.1, 0.15) is 43.1 Å². The van der Waals surface area contributed by atoms with Crippen LogP contribution >= 0.6 is 0 Å². The lowest BCUT2D eigenvalue weighted by Crippen LogP contribution is -2.54. The Kier molecular flexibility index (Phi) is 7.41. The number of likely N-dealkylation sites (tertiary alicyclic amines) is 1. The number of aromatic nitrogens is 1. The standard InChI is InChI=1S/C28H33F5N4O/c1-16-8-21-20-5-4-17(30)9-24(20)35-26(21)27(37(16)14-28(2,33)15-38)25-22(31)10-18(11-23(25)32)34-19-12-36(13-19)7-3-6-29/h4-5,9-11,16,19,27,34-35,38H,3,6-8,12-15H2,1-2H3. The SMILES string of the molecule is CC1Cc2c([nH]c3cc(F)ccc23)C(c2c(F)cc(NC3CN(CCCF)C3)cc2F)N1CC(C)(F)CO. The van der Waals surface area contributed by atoms with Crippen LogP contribution in [0.2, 0.25) is 0 Å². The fourth-order valence-electron chi connectivity index (χ4n) is 5.81. The van der Waals surface area contributed by atoms with Crippen LogP contribution in [0.5, 0.6) is 0 Å². The monoisotopic (exact) mass is 536 g/mol. The van der Waals surface area contributed by atoms with Crippen molar-refractivity contribution in [2.75, 3.05) is 44.8 Å². The third-order valence-corrected chi connectivity index (χ3v) is 7.70. The largest absolute Gasteiger partial charge is 0.393 e. The van der Waals surface area contributed by atoms with Gasteiger partial charge < -0.3 is 15.4 Å². The number of nitrogens with one attached hydrogen (secondary N) is 2. The first-order chi connectivity index (χ1) is 18.1. The lowest BCUT2D eigenvalue weighted by Gasteiger charge is -2.43. The third kappa shape index (κ3) is 5.13. The number of hydrogen-bond donors (Lipinski definition) is 3. The van der Waals surface area contributed by atoms with Crippen molar-refractivity contribution in [3.8, 4) is 0 Å². The molecule has 10 heteroatoms. The summed E-state index contributed by atoms with van der Waals surface area (Å²) >= 11 is 0. The van der Waals surface area contributed by atoms with Crippen LogP contribution in [0.3, 0.4) is 0 Å². The van der Waals surface area contributed by atoms with Crippen molar-refractivity contribution in [3.05, 3.63) is 64.6 Å². The van der Waals surface area contributed by atoms with Gasteiger partial charge in [-0.25, -0.2) is 17.6 Å². The molecule has 3 atom stereocenters. The molecular weight excluding hydrogens is 503 g/mol. The number of anilines is 1. The van der Waals surface area contributed by atoms with Crippen molar-refractivity contribution < 1.29 is 27.1 Å². The molecule has 3 unspecified atom stereocenters. The van der Waals surface area contributed by atoms with Gasteiger partial charge in [-0.1, -0.05) is 0 Å². The number of hydrogen-bond acceptors (Lipinski definition) is 4. The van der Waals surface area contributed by atoms with E-state index in [1.165, 1.54) is 31.2 Å². The summed E-state index contributed by atoms with van der Waals surface area (Å²) < 4.78 is 73.0. The van der Waals surface area contributed by atoms with E-state index in [0.717, 1.165) is 10.9 Å². The first-order valence-corrected chi connectivity index (χ1v) is 13.0. The maximum Gasteiger partial charge on any atom is 0.143 e. The lowest BCUT2D eigenvalue weighted by molar-refractivity contribution is 0.0162. The highest BCUT2D eigenvalue weighted by Crippen LogP contribution is 2.43. The smallest absolute Gasteiger partial charge is 0.143 e. The van der Waals surface area contributed by atoms with E-state index in [-0.39, 0.29) is 30.9 Å². The normalized spacial score (nSPS) is 22.3. The summed E-state index contributed by atoms with van der Waals surface area (Å²) in [6.45, 7) is 3.68. The Morgan fingerprint density at radius 1 is 1.13 bits per heavy atom. The fraction of sp³-hybridized carbons (Fsp3) is 0.500. The van der Waals surface area contributed by atoms with Gasteiger partial charge >= 0.3 is 0 Å². The molecule has 2 aliphatic heterocycles. The van der Waals surface area contributed by atoms with Crippen LogP contribution < -0.4 is 5.32 Å². The molecule has 5 rings (SSSR count). The second-order valence-electron chi connectivity index (χ2n) is 10.9. The van der Waals surface area contributed by atoms with Crippen molar-refractivity contribution >= 4 is 16.6 Å². The summed E-state index contributed by atoms with van der Waals surface area (Å²) in [6, 6.07) is 5.46. The van der Waals surface area contributed by atoms with Gasteiger partial charge in [0.1, 0.15) is 23.1 Å². The van der Waals surface area contributed by atoms with Crippen LogP contribution in [0.4, 0.5) is 27.6 Å². The predicted molar refractivity (Wildman–Crippen MR) is 137 cm³/mol. The van der Waals surface area contributed by atoms with Gasteiger partial charge in [0, 0.05) is 60.1 Å². The number of aliphatic hydroxyl groups is 1. The second kappa shape index (κ2) is 10.5. The van der Waals surface area contributed by atoms with Gasteiger partial charge in [-0.05, 0) is 62.6 Å². The summed E-state index contributed by atoms with van der Waals surface area (Å²) in [4.78, 5) is 6.88. The Bertz CT molecular complexity index is 1280. The Morgan fingerprint density at radius 3 is 2.50 bits per heavy atom. The summed E-state index contributed by atoms with van der Waals surface area (Å²) in [5, 5.41) is 13.5. The van der Waals surface area contributed by atoms with Gasteiger partial charge in [0.05, 0.1) is 25.4 Å². The van der Waals surface area contributed by atoms with E-state index in [9.17, 15) is 13.9 Å². The molecule has 3 heterocycles. The van der Waals surface area contributed by atoms with Gasteiger partial charge in [-0.15, -0.1) is 0 Å². The molecule has 0 aliphatic carbocycles. The molecule has 0 amide bonds. The number of H-pyrrole nitrogens is 1. The minimum Gasteiger partial charge on any atom is -0.393 e. The van der Waals surface area contributed by atoms with Gasteiger partial charge in [-0.2, -0.15) is 0 Å². The number of rotatable bonds is 9. The van der Waals surface area contributed by atoms with E-state index < -0.39 is 35.8 Å². The van der Waals surface area contributed by atoms with Gasteiger partial charge in [0.15, 0.2) is 0 Å². The van der Waals surface area contributed by atoms with Crippen molar-refractivity contribution in [2.45, 2.75) is 50.5 Å². The zero-order chi connectivity index (χ0) is 27.2. The molecule has 2 aromatic carbocycles. The highest BCUT2D eigenvalue weighted by molar-refractivity contribution is 5.85. The zero-order valence-corrected chi connectivity index (χ0v) is 21.5. The van der Waals surface area contributed by atoms with Crippen molar-refractivity contribution in [1.82, 2.24) is 14.8 Å². The van der Waals surface area contributed by atoms with Gasteiger partial charge in [-0.3, -0.25) is 14.2 Å². The van der Waals surface area contributed by atoms with Crippen molar-refractivity contribution in [3.63, 3.8) is 0 Å². The number of alkyl halides is 2. The summed E-state index contributed by atoms with van der Waals surface area (Å²) in [5.41, 5.74) is -0.156. The highest BCUT2D eigenvalue weighted by atomic mass is 19.2. The van der Waals surface area contributed by atoms with E-state index in [0.29, 0.717) is 49.4 Å². The van der Waals surface area contributed by atoms with Crippen molar-refractivity contribution in [1.29, 1.82) is 0 Å². The quantitative estimate of drug-likeness (QED) is 0.333. The van der Waals surface area contributed by atoms with Gasteiger partial charge in [0.25, 0.3) is 0 Å². The minimum absolute atomic E-state index is 0.00234. The molecular formula is C28H33F5N4O. The van der Waals surface area contributed by atoms with Crippen LogP contribution in [-0.4, -0.2) is 77.1 Å². The number of nitrogens with zero attached hydrogens (tertiary/aromatic N) is 2. The summed E-state index contributed by atoms with van der Waals surface area (Å²) in [6.07, 6.45) is 0.917. The average molecular weight is 537 g/mol. The predicted octanol–water partition coefficient (Wildman–Crippen LogP) is 5.10. The van der Waals surface area contributed by atoms with Crippen LogP contribution in [-0.2, 0) is 6.42 Å². The molecule has 38 heavy (non-hydrogen) atoms. The molecule has 3 N–H and O–H groups in total. The Balaban J connectivity index is 1.52. The molecule has 3 aromatic rings. The molecule has 0 saturated carbocycles. The highest BCUT2D eigenvalue weighted by Gasteiger charge is 2.42. The average Bonchev–Trinajstić information content (AvgIpc) is 3.18. The molecule has 1 saturated heterocycles. The molecule has 206 valence electrons. The van der Waals surface area contributed by atoms with Crippen LogP contribution in [0.15, 0.2) is 30.3 Å². The Labute approximate surface area is 218 Å². The third-order valence-electron chi connectivity index (χ3n) is 7.70. The van der Waals surface area contributed by atoms with E-state index in [1.807, 2.05) is 6.92 Å². The Hall–Kier alpha value is -2.69. The summed E-state index contributed by atoms with van der Waals surface area (Å²) in [5.74, 6) is -2.02. The molecule has 5 nitrogen and oxygen atoms in total.